The third-order valence-electron chi connectivity index (χ3n) is 4.31. The first-order valence-electron chi connectivity index (χ1n) is 6.96. The molecule has 0 nitrogen and oxygen atoms in total. The topological polar surface area (TPSA) is 0 Å². The molecule has 0 bridgehead atoms. The van der Waals surface area contributed by atoms with Crippen molar-refractivity contribution in [3.8, 4) is 0 Å². The normalized spacial score (nSPS) is 14.8. The SMILES string of the molecule is Fc1ccc2c(ccc3c4c(ccc32)CCCC4)c1. The molecule has 0 atom stereocenters. The molecule has 3 aromatic rings. The minimum atomic E-state index is -0.162. The van der Waals surface area contributed by atoms with E-state index in [2.05, 4.69) is 24.3 Å². The zero-order valence-corrected chi connectivity index (χ0v) is 10.7. The Labute approximate surface area is 111 Å². The van der Waals surface area contributed by atoms with E-state index in [9.17, 15) is 4.39 Å². The zero-order valence-electron chi connectivity index (χ0n) is 10.7. The quantitative estimate of drug-likeness (QED) is 0.492. The van der Waals surface area contributed by atoms with E-state index in [1.807, 2.05) is 6.07 Å². The molecule has 0 saturated carbocycles. The minimum Gasteiger partial charge on any atom is -0.207 e. The first-order valence-corrected chi connectivity index (χ1v) is 6.96. The van der Waals surface area contributed by atoms with E-state index in [1.165, 1.54) is 47.6 Å². The zero-order chi connectivity index (χ0) is 12.8. The third-order valence-corrected chi connectivity index (χ3v) is 4.31. The van der Waals surface area contributed by atoms with Crippen molar-refractivity contribution < 1.29 is 4.39 Å². The van der Waals surface area contributed by atoms with Gasteiger partial charge >= 0.3 is 0 Å². The average Bonchev–Trinajstić information content (AvgIpc) is 2.46. The second-order valence-corrected chi connectivity index (χ2v) is 5.44. The summed E-state index contributed by atoms with van der Waals surface area (Å²) in [6, 6.07) is 13.8. The number of benzene rings is 3. The van der Waals surface area contributed by atoms with E-state index >= 15 is 0 Å². The lowest BCUT2D eigenvalue weighted by Gasteiger charge is -2.18. The van der Waals surface area contributed by atoms with Gasteiger partial charge in [-0.2, -0.15) is 0 Å². The Morgan fingerprint density at radius 1 is 0.737 bits per heavy atom. The van der Waals surface area contributed by atoms with Crippen LogP contribution >= 0.6 is 0 Å². The maximum atomic E-state index is 13.3. The number of hydrogen-bond acceptors (Lipinski definition) is 0. The third kappa shape index (κ3) is 1.65. The molecule has 0 radical (unpaired) electrons. The largest absolute Gasteiger partial charge is 0.207 e. The van der Waals surface area contributed by atoms with Gasteiger partial charge in [-0.15, -0.1) is 0 Å². The maximum Gasteiger partial charge on any atom is 0.123 e. The lowest BCUT2D eigenvalue weighted by Crippen LogP contribution is -2.03. The van der Waals surface area contributed by atoms with E-state index in [0.29, 0.717) is 0 Å². The monoisotopic (exact) mass is 250 g/mol. The Bertz CT molecular complexity index is 786. The van der Waals surface area contributed by atoms with Crippen LogP contribution in [0.4, 0.5) is 4.39 Å². The van der Waals surface area contributed by atoms with Crippen LogP contribution in [0.3, 0.4) is 0 Å². The molecule has 1 aliphatic carbocycles. The van der Waals surface area contributed by atoms with Gasteiger partial charge in [0.15, 0.2) is 0 Å². The van der Waals surface area contributed by atoms with E-state index in [-0.39, 0.29) is 5.82 Å². The van der Waals surface area contributed by atoms with Gasteiger partial charge in [-0.25, -0.2) is 4.39 Å². The highest BCUT2D eigenvalue weighted by atomic mass is 19.1. The summed E-state index contributed by atoms with van der Waals surface area (Å²) in [7, 11) is 0. The number of aryl methyl sites for hydroxylation is 2. The standard InChI is InChI=1S/C18H15F/c19-14-7-10-16-13(11-14)6-9-17-15-4-2-1-3-12(15)5-8-18(16)17/h5-11H,1-4H2. The summed E-state index contributed by atoms with van der Waals surface area (Å²) in [6.45, 7) is 0. The van der Waals surface area contributed by atoms with Gasteiger partial charge in [-0.05, 0) is 70.5 Å². The Morgan fingerprint density at radius 2 is 1.53 bits per heavy atom. The van der Waals surface area contributed by atoms with Gasteiger partial charge < -0.3 is 0 Å². The van der Waals surface area contributed by atoms with Crippen LogP contribution in [0.5, 0.6) is 0 Å². The molecule has 0 aliphatic heterocycles. The van der Waals surface area contributed by atoms with Crippen LogP contribution in [0, 0.1) is 5.82 Å². The van der Waals surface area contributed by atoms with Crippen LogP contribution in [-0.4, -0.2) is 0 Å². The summed E-state index contributed by atoms with van der Waals surface area (Å²) >= 11 is 0. The summed E-state index contributed by atoms with van der Waals surface area (Å²) in [4.78, 5) is 0. The van der Waals surface area contributed by atoms with E-state index in [4.69, 9.17) is 0 Å². The fraction of sp³-hybridized carbons (Fsp3) is 0.222. The van der Waals surface area contributed by atoms with Crippen LogP contribution in [-0.2, 0) is 12.8 Å². The molecule has 0 amide bonds. The van der Waals surface area contributed by atoms with Crippen molar-refractivity contribution in [1.29, 1.82) is 0 Å². The van der Waals surface area contributed by atoms with Crippen LogP contribution < -0.4 is 0 Å². The van der Waals surface area contributed by atoms with Gasteiger partial charge in [0.25, 0.3) is 0 Å². The van der Waals surface area contributed by atoms with Crippen LogP contribution in [0.2, 0.25) is 0 Å². The number of halogens is 1. The van der Waals surface area contributed by atoms with Gasteiger partial charge in [0.1, 0.15) is 5.82 Å². The average molecular weight is 250 g/mol. The lowest BCUT2D eigenvalue weighted by atomic mass is 9.86. The highest BCUT2D eigenvalue weighted by Crippen LogP contribution is 2.33. The van der Waals surface area contributed by atoms with Crippen LogP contribution in [0.25, 0.3) is 21.5 Å². The predicted octanol–water partition coefficient (Wildman–Crippen LogP) is 5.01. The highest BCUT2D eigenvalue weighted by molar-refractivity contribution is 6.08. The Morgan fingerprint density at radius 3 is 2.47 bits per heavy atom. The maximum absolute atomic E-state index is 13.3. The lowest BCUT2D eigenvalue weighted by molar-refractivity contribution is 0.630. The fourth-order valence-corrected chi connectivity index (χ4v) is 3.37. The molecular formula is C18H15F. The molecule has 0 heterocycles. The molecule has 19 heavy (non-hydrogen) atoms. The molecule has 3 aromatic carbocycles. The predicted molar refractivity (Wildman–Crippen MR) is 78.1 cm³/mol. The smallest absolute Gasteiger partial charge is 0.123 e. The minimum absolute atomic E-state index is 0.162. The van der Waals surface area contributed by atoms with Crippen LogP contribution in [0.1, 0.15) is 24.0 Å². The van der Waals surface area contributed by atoms with E-state index in [0.717, 1.165) is 10.8 Å². The molecule has 1 heteroatoms. The van der Waals surface area contributed by atoms with Crippen molar-refractivity contribution in [2.45, 2.75) is 25.7 Å². The first kappa shape index (κ1) is 11.0. The first-order chi connectivity index (χ1) is 9.33. The molecule has 0 fully saturated rings. The summed E-state index contributed by atoms with van der Waals surface area (Å²) in [6.07, 6.45) is 4.97. The molecule has 0 spiro atoms. The van der Waals surface area contributed by atoms with Crippen molar-refractivity contribution in [3.63, 3.8) is 0 Å². The molecule has 4 rings (SSSR count). The Kier molecular flexibility index (Phi) is 2.34. The van der Waals surface area contributed by atoms with Gasteiger partial charge in [0.05, 0.1) is 0 Å². The van der Waals surface area contributed by atoms with Gasteiger partial charge in [0, 0.05) is 0 Å². The van der Waals surface area contributed by atoms with Crippen LogP contribution in [0.15, 0.2) is 42.5 Å². The van der Waals surface area contributed by atoms with Crippen molar-refractivity contribution in [2.24, 2.45) is 0 Å². The van der Waals surface area contributed by atoms with Crippen molar-refractivity contribution in [3.05, 3.63) is 59.4 Å². The second kappa shape index (κ2) is 4.06. The number of fused-ring (bicyclic) bond motifs is 5. The summed E-state index contributed by atoms with van der Waals surface area (Å²) in [5, 5.41) is 4.77. The molecule has 0 unspecified atom stereocenters. The van der Waals surface area contributed by atoms with Crippen molar-refractivity contribution in [1.82, 2.24) is 0 Å². The number of rotatable bonds is 0. The number of hydrogen-bond donors (Lipinski definition) is 0. The van der Waals surface area contributed by atoms with Crippen molar-refractivity contribution >= 4 is 21.5 Å². The van der Waals surface area contributed by atoms with Gasteiger partial charge in [0.2, 0.25) is 0 Å². The summed E-state index contributed by atoms with van der Waals surface area (Å²) in [5.41, 5.74) is 3.01. The molecular weight excluding hydrogens is 235 g/mol. The van der Waals surface area contributed by atoms with Crippen molar-refractivity contribution in [2.75, 3.05) is 0 Å². The fourth-order valence-electron chi connectivity index (χ4n) is 3.37. The highest BCUT2D eigenvalue weighted by Gasteiger charge is 2.13. The second-order valence-electron chi connectivity index (χ2n) is 5.44. The molecule has 0 saturated heterocycles. The molecule has 0 aromatic heterocycles. The molecule has 0 N–H and O–H groups in total. The molecule has 1 aliphatic rings. The molecule has 94 valence electrons. The Hall–Kier alpha value is -1.89. The summed E-state index contributed by atoms with van der Waals surface area (Å²) in [5.74, 6) is -0.162. The van der Waals surface area contributed by atoms with E-state index < -0.39 is 0 Å². The Balaban J connectivity index is 2.12. The van der Waals surface area contributed by atoms with E-state index in [1.54, 1.807) is 12.1 Å². The summed E-state index contributed by atoms with van der Waals surface area (Å²) < 4.78 is 13.3. The van der Waals surface area contributed by atoms with Gasteiger partial charge in [-0.1, -0.05) is 30.3 Å². The van der Waals surface area contributed by atoms with Gasteiger partial charge in [-0.3, -0.25) is 0 Å².